The Morgan fingerprint density at radius 2 is 2.25 bits per heavy atom. The molecule has 1 aromatic carbocycles. The highest BCUT2D eigenvalue weighted by Gasteiger charge is 2.13. The first-order valence-corrected chi connectivity index (χ1v) is 6.56. The van der Waals surface area contributed by atoms with Crippen molar-refractivity contribution in [3.8, 4) is 6.07 Å². The summed E-state index contributed by atoms with van der Waals surface area (Å²) in [5, 5.41) is 21.0. The second kappa shape index (κ2) is 5.80. The van der Waals surface area contributed by atoms with E-state index in [9.17, 15) is 4.79 Å². The van der Waals surface area contributed by atoms with Crippen molar-refractivity contribution < 1.29 is 14.3 Å². The molecule has 2 rings (SSSR count). The van der Waals surface area contributed by atoms with Gasteiger partial charge in [0, 0.05) is 16.6 Å². The summed E-state index contributed by atoms with van der Waals surface area (Å²) < 4.78 is 5.95. The minimum absolute atomic E-state index is 0.0874. The number of nitriles is 1. The molecule has 0 radical (unpaired) electrons. The second-order valence-corrected chi connectivity index (χ2v) is 5.07. The molecule has 102 valence electrons. The first-order chi connectivity index (χ1) is 9.51. The number of aryl methyl sites for hydroxylation is 1. The molecular formula is C14H11BrN2O3. The Kier molecular flexibility index (Phi) is 4.11. The Labute approximate surface area is 124 Å². The minimum Gasteiger partial charge on any atom is -0.475 e. The van der Waals surface area contributed by atoms with Gasteiger partial charge in [0.2, 0.25) is 5.76 Å². The molecule has 20 heavy (non-hydrogen) atoms. The van der Waals surface area contributed by atoms with Crippen LogP contribution in [0.1, 0.15) is 27.4 Å². The molecule has 0 saturated heterocycles. The SMILES string of the molecule is Cc1oc(C(=O)O)cc1CNc1ccc(Br)cc1C#N. The first kappa shape index (κ1) is 14.2. The van der Waals surface area contributed by atoms with Crippen LogP contribution in [0.25, 0.3) is 0 Å². The van der Waals surface area contributed by atoms with E-state index in [1.54, 1.807) is 19.1 Å². The van der Waals surface area contributed by atoms with Gasteiger partial charge < -0.3 is 14.8 Å². The summed E-state index contributed by atoms with van der Waals surface area (Å²) in [6.07, 6.45) is 0. The zero-order chi connectivity index (χ0) is 14.7. The van der Waals surface area contributed by atoms with Crippen molar-refractivity contribution in [3.05, 3.63) is 51.4 Å². The number of benzene rings is 1. The van der Waals surface area contributed by atoms with E-state index in [1.165, 1.54) is 6.07 Å². The molecule has 0 unspecified atom stereocenters. The van der Waals surface area contributed by atoms with Crippen LogP contribution in [0.4, 0.5) is 5.69 Å². The highest BCUT2D eigenvalue weighted by atomic mass is 79.9. The third-order valence-corrected chi connectivity index (χ3v) is 3.30. The molecule has 0 amide bonds. The van der Waals surface area contributed by atoms with E-state index in [-0.39, 0.29) is 5.76 Å². The number of hydrogen-bond acceptors (Lipinski definition) is 4. The van der Waals surface area contributed by atoms with Crippen molar-refractivity contribution in [2.45, 2.75) is 13.5 Å². The summed E-state index contributed by atoms with van der Waals surface area (Å²) in [5.41, 5.74) is 1.95. The number of carboxylic acids is 1. The van der Waals surface area contributed by atoms with Crippen LogP contribution in [0.15, 0.2) is 33.2 Å². The number of nitrogens with one attached hydrogen (secondary N) is 1. The fourth-order valence-corrected chi connectivity index (χ4v) is 2.12. The number of hydrogen-bond donors (Lipinski definition) is 2. The molecule has 0 atom stereocenters. The maximum atomic E-state index is 10.8. The van der Waals surface area contributed by atoms with E-state index in [1.807, 2.05) is 6.07 Å². The number of nitrogens with zero attached hydrogens (tertiary/aromatic N) is 1. The molecule has 0 saturated carbocycles. The third-order valence-electron chi connectivity index (χ3n) is 2.80. The van der Waals surface area contributed by atoms with E-state index in [0.717, 1.165) is 10.0 Å². The molecule has 5 nitrogen and oxygen atoms in total. The Morgan fingerprint density at radius 1 is 1.50 bits per heavy atom. The Morgan fingerprint density at radius 3 is 2.85 bits per heavy atom. The highest BCUT2D eigenvalue weighted by molar-refractivity contribution is 9.10. The molecule has 0 aliphatic carbocycles. The van der Waals surface area contributed by atoms with Gasteiger partial charge in [-0.1, -0.05) is 15.9 Å². The number of carboxylic acid groups (broad SMARTS) is 1. The second-order valence-electron chi connectivity index (χ2n) is 4.15. The molecule has 1 heterocycles. The molecule has 0 fully saturated rings. The summed E-state index contributed by atoms with van der Waals surface area (Å²) in [7, 11) is 0. The van der Waals surface area contributed by atoms with Gasteiger partial charge in [-0.05, 0) is 31.2 Å². The summed E-state index contributed by atoms with van der Waals surface area (Å²) in [4.78, 5) is 10.8. The van der Waals surface area contributed by atoms with Gasteiger partial charge in [0.05, 0.1) is 11.3 Å². The number of furan rings is 1. The van der Waals surface area contributed by atoms with Crippen molar-refractivity contribution in [2.75, 3.05) is 5.32 Å². The predicted octanol–water partition coefficient (Wildman–Crippen LogP) is 3.53. The maximum Gasteiger partial charge on any atom is 0.371 e. The van der Waals surface area contributed by atoms with Gasteiger partial charge in [-0.2, -0.15) is 5.26 Å². The fraction of sp³-hybridized carbons (Fsp3) is 0.143. The first-order valence-electron chi connectivity index (χ1n) is 5.77. The smallest absolute Gasteiger partial charge is 0.371 e. The summed E-state index contributed by atoms with van der Waals surface area (Å²) in [6, 6.07) is 8.91. The van der Waals surface area contributed by atoms with Gasteiger partial charge >= 0.3 is 5.97 Å². The zero-order valence-corrected chi connectivity index (χ0v) is 12.2. The zero-order valence-electron chi connectivity index (χ0n) is 10.6. The molecule has 0 aliphatic heterocycles. The van der Waals surface area contributed by atoms with Gasteiger partial charge in [-0.15, -0.1) is 0 Å². The standard InChI is InChI=1S/C14H11BrN2O3/c1-8-10(5-13(20-8)14(18)19)7-17-12-3-2-11(15)4-9(12)6-16/h2-5,17H,7H2,1H3,(H,18,19). The lowest BCUT2D eigenvalue weighted by Crippen LogP contribution is -2.01. The molecule has 0 spiro atoms. The lowest BCUT2D eigenvalue weighted by molar-refractivity contribution is 0.0661. The van der Waals surface area contributed by atoms with Crippen molar-refractivity contribution in [3.63, 3.8) is 0 Å². The van der Waals surface area contributed by atoms with Gasteiger partial charge in [0.25, 0.3) is 0 Å². The molecule has 1 aromatic heterocycles. The minimum atomic E-state index is -1.10. The van der Waals surface area contributed by atoms with Crippen LogP contribution < -0.4 is 5.32 Å². The number of carbonyl (C=O) groups is 1. The van der Waals surface area contributed by atoms with Crippen molar-refractivity contribution in [2.24, 2.45) is 0 Å². The molecule has 0 aliphatic rings. The average molecular weight is 335 g/mol. The summed E-state index contributed by atoms with van der Waals surface area (Å²) >= 11 is 3.30. The molecular weight excluding hydrogens is 324 g/mol. The van der Waals surface area contributed by atoms with Gasteiger partial charge in [-0.3, -0.25) is 0 Å². The molecule has 2 N–H and O–H groups in total. The van der Waals surface area contributed by atoms with Gasteiger partial charge in [-0.25, -0.2) is 4.79 Å². The van der Waals surface area contributed by atoms with Gasteiger partial charge in [0.15, 0.2) is 0 Å². The molecule has 2 aromatic rings. The van der Waals surface area contributed by atoms with E-state index in [2.05, 4.69) is 27.3 Å². The van der Waals surface area contributed by atoms with E-state index in [0.29, 0.717) is 23.6 Å². The maximum absolute atomic E-state index is 10.8. The van der Waals surface area contributed by atoms with Crippen LogP contribution in [0.3, 0.4) is 0 Å². The van der Waals surface area contributed by atoms with Crippen LogP contribution in [0, 0.1) is 18.3 Å². The van der Waals surface area contributed by atoms with Crippen LogP contribution in [-0.2, 0) is 6.54 Å². The van der Waals surface area contributed by atoms with Crippen molar-refractivity contribution in [1.29, 1.82) is 5.26 Å². The van der Waals surface area contributed by atoms with Crippen LogP contribution >= 0.6 is 15.9 Å². The third kappa shape index (κ3) is 3.00. The quantitative estimate of drug-likeness (QED) is 0.893. The van der Waals surface area contributed by atoms with Crippen LogP contribution in [0.2, 0.25) is 0 Å². The largest absolute Gasteiger partial charge is 0.475 e. The van der Waals surface area contributed by atoms with Gasteiger partial charge in [0.1, 0.15) is 11.8 Å². The average Bonchev–Trinajstić information content (AvgIpc) is 2.79. The summed E-state index contributed by atoms with van der Waals surface area (Å²) in [6.45, 7) is 2.09. The highest BCUT2D eigenvalue weighted by Crippen LogP contribution is 2.22. The Bertz CT molecular complexity index is 701. The number of halogens is 1. The molecule has 0 bridgehead atoms. The number of aromatic carboxylic acids is 1. The lowest BCUT2D eigenvalue weighted by Gasteiger charge is -2.07. The molecule has 6 heteroatoms. The summed E-state index contributed by atoms with van der Waals surface area (Å²) in [5.74, 6) is -0.637. The van der Waals surface area contributed by atoms with Crippen LogP contribution in [-0.4, -0.2) is 11.1 Å². The van der Waals surface area contributed by atoms with Crippen molar-refractivity contribution in [1.82, 2.24) is 0 Å². The topological polar surface area (TPSA) is 86.3 Å². The lowest BCUT2D eigenvalue weighted by atomic mass is 10.2. The number of anilines is 1. The normalized spacial score (nSPS) is 10.1. The monoisotopic (exact) mass is 334 g/mol. The van der Waals surface area contributed by atoms with Crippen molar-refractivity contribution >= 4 is 27.6 Å². The predicted molar refractivity (Wildman–Crippen MR) is 76.6 cm³/mol. The Balaban J connectivity index is 2.17. The van der Waals surface area contributed by atoms with E-state index < -0.39 is 5.97 Å². The number of rotatable bonds is 4. The Hall–Kier alpha value is -2.26. The fourth-order valence-electron chi connectivity index (χ4n) is 1.75. The van der Waals surface area contributed by atoms with Crippen LogP contribution in [0.5, 0.6) is 0 Å². The van der Waals surface area contributed by atoms with E-state index >= 15 is 0 Å². The van der Waals surface area contributed by atoms with E-state index in [4.69, 9.17) is 14.8 Å².